The Kier molecular flexibility index (Phi) is 3.89. The summed E-state index contributed by atoms with van der Waals surface area (Å²) in [5.41, 5.74) is 0. The Balaban J connectivity index is 1.91. The summed E-state index contributed by atoms with van der Waals surface area (Å²) < 4.78 is 4.80. The molecule has 6 atom stereocenters. The largest absolute Gasteiger partial charge is 0.469 e. The molecule has 0 spiro atoms. The minimum atomic E-state index is -0.234. The molecule has 3 aliphatic carbocycles. The van der Waals surface area contributed by atoms with Crippen LogP contribution >= 0.6 is 0 Å². The van der Waals surface area contributed by atoms with E-state index in [0.29, 0.717) is 36.9 Å². The molecule has 0 N–H and O–H groups in total. The predicted molar refractivity (Wildman–Crippen MR) is 76.3 cm³/mol. The number of rotatable bonds is 2. The van der Waals surface area contributed by atoms with Gasteiger partial charge in [-0.05, 0) is 42.9 Å². The zero-order valence-electron chi connectivity index (χ0n) is 12.8. The van der Waals surface area contributed by atoms with Crippen molar-refractivity contribution in [1.29, 1.82) is 0 Å². The van der Waals surface area contributed by atoms with Crippen molar-refractivity contribution >= 4 is 17.5 Å². The fraction of sp³-hybridized carbons (Fsp3) is 0.824. The lowest BCUT2D eigenvalue weighted by Gasteiger charge is -2.53. The van der Waals surface area contributed by atoms with Crippen LogP contribution in [0, 0.1) is 35.5 Å². The Hall–Kier alpha value is -1.19. The van der Waals surface area contributed by atoms with Crippen molar-refractivity contribution in [3.8, 4) is 0 Å². The summed E-state index contributed by atoms with van der Waals surface area (Å²) in [5, 5.41) is 0. The maximum atomic E-state index is 12.5. The van der Waals surface area contributed by atoms with Gasteiger partial charge in [0.15, 0.2) is 0 Å². The van der Waals surface area contributed by atoms with Crippen LogP contribution in [0.5, 0.6) is 0 Å². The van der Waals surface area contributed by atoms with Gasteiger partial charge in [-0.1, -0.05) is 6.92 Å². The molecule has 0 heterocycles. The maximum absolute atomic E-state index is 12.5. The van der Waals surface area contributed by atoms with Crippen LogP contribution in [0.15, 0.2) is 0 Å². The van der Waals surface area contributed by atoms with E-state index in [4.69, 9.17) is 4.74 Å². The lowest BCUT2D eigenvalue weighted by molar-refractivity contribution is -0.153. The molecule has 0 saturated heterocycles. The van der Waals surface area contributed by atoms with Gasteiger partial charge in [-0.2, -0.15) is 0 Å². The first kappa shape index (κ1) is 14.7. The van der Waals surface area contributed by atoms with E-state index in [1.165, 1.54) is 7.11 Å². The molecule has 0 radical (unpaired) electrons. The van der Waals surface area contributed by atoms with Crippen LogP contribution in [0.1, 0.15) is 45.4 Å². The molecule has 4 heteroatoms. The van der Waals surface area contributed by atoms with Gasteiger partial charge in [-0.15, -0.1) is 0 Å². The fourth-order valence-electron chi connectivity index (χ4n) is 5.30. The summed E-state index contributed by atoms with van der Waals surface area (Å²) in [7, 11) is 1.40. The number of hydrogen-bond acceptors (Lipinski definition) is 4. The Morgan fingerprint density at radius 2 is 1.90 bits per heavy atom. The van der Waals surface area contributed by atoms with E-state index in [1.807, 2.05) is 0 Å². The van der Waals surface area contributed by atoms with Gasteiger partial charge in [0.2, 0.25) is 0 Å². The molecular weight excluding hydrogens is 268 g/mol. The van der Waals surface area contributed by atoms with E-state index in [2.05, 4.69) is 6.92 Å². The van der Waals surface area contributed by atoms with Gasteiger partial charge < -0.3 is 4.74 Å². The molecule has 0 bridgehead atoms. The van der Waals surface area contributed by atoms with E-state index in [9.17, 15) is 14.4 Å². The van der Waals surface area contributed by atoms with Crippen molar-refractivity contribution in [3.05, 3.63) is 0 Å². The zero-order valence-corrected chi connectivity index (χ0v) is 12.8. The summed E-state index contributed by atoms with van der Waals surface area (Å²) in [5.74, 6) is 1.58. The molecule has 0 aromatic carbocycles. The van der Waals surface area contributed by atoms with E-state index in [0.717, 1.165) is 19.3 Å². The number of carbonyl (C=O) groups excluding carboxylic acids is 3. The zero-order chi connectivity index (χ0) is 15.1. The molecular formula is C17H24O4. The molecule has 0 aromatic rings. The van der Waals surface area contributed by atoms with Gasteiger partial charge in [0.25, 0.3) is 0 Å². The second-order valence-corrected chi connectivity index (χ2v) is 7.14. The summed E-state index contributed by atoms with van der Waals surface area (Å²) in [6, 6.07) is 0. The number of carbonyl (C=O) groups is 3. The standard InChI is InChI=1S/C17H24O4/c1-9-7-10(8-15(20)21-2)16-14(19)6-4-12-13(18)5-3-11(9)17(12)16/h9-12,16-17H,3-8H2,1-2H3/t9-,10-,11+,12?,16+,17?/m0/s1. The van der Waals surface area contributed by atoms with Gasteiger partial charge in [-0.3, -0.25) is 14.4 Å². The highest BCUT2D eigenvalue weighted by Gasteiger charge is 2.54. The minimum Gasteiger partial charge on any atom is -0.469 e. The Labute approximate surface area is 125 Å². The van der Waals surface area contributed by atoms with E-state index >= 15 is 0 Å². The van der Waals surface area contributed by atoms with Crippen LogP contribution in [-0.4, -0.2) is 24.6 Å². The number of ether oxygens (including phenoxy) is 1. The average molecular weight is 292 g/mol. The average Bonchev–Trinajstić information content (AvgIpc) is 2.46. The first-order valence-electron chi connectivity index (χ1n) is 8.15. The van der Waals surface area contributed by atoms with Gasteiger partial charge in [0.1, 0.15) is 11.6 Å². The van der Waals surface area contributed by atoms with Crippen molar-refractivity contribution in [1.82, 2.24) is 0 Å². The van der Waals surface area contributed by atoms with Gasteiger partial charge in [0, 0.05) is 31.1 Å². The molecule has 3 aliphatic rings. The molecule has 116 valence electrons. The van der Waals surface area contributed by atoms with Crippen molar-refractivity contribution in [3.63, 3.8) is 0 Å². The summed E-state index contributed by atoms with van der Waals surface area (Å²) >= 11 is 0. The van der Waals surface area contributed by atoms with E-state index in [-0.39, 0.29) is 35.4 Å². The normalized spacial score (nSPS) is 42.4. The van der Waals surface area contributed by atoms with Crippen LogP contribution in [0.25, 0.3) is 0 Å². The van der Waals surface area contributed by atoms with E-state index in [1.54, 1.807) is 0 Å². The molecule has 0 amide bonds. The van der Waals surface area contributed by atoms with Crippen LogP contribution in [-0.2, 0) is 19.1 Å². The number of methoxy groups -OCH3 is 1. The highest BCUT2D eigenvalue weighted by molar-refractivity contribution is 5.89. The SMILES string of the molecule is COC(=O)C[C@@H]1C[C@H](C)[C@H]2CCC(=O)C3CCC(=O)[C@@H]1C32. The van der Waals surface area contributed by atoms with Gasteiger partial charge in [0.05, 0.1) is 7.11 Å². The van der Waals surface area contributed by atoms with Crippen molar-refractivity contribution in [2.24, 2.45) is 35.5 Å². The number of esters is 1. The second-order valence-electron chi connectivity index (χ2n) is 7.14. The molecule has 0 aliphatic heterocycles. The molecule has 21 heavy (non-hydrogen) atoms. The molecule has 3 fully saturated rings. The summed E-state index contributed by atoms with van der Waals surface area (Å²) in [6.45, 7) is 2.22. The highest BCUT2D eigenvalue weighted by atomic mass is 16.5. The lowest BCUT2D eigenvalue weighted by Crippen LogP contribution is -2.53. The smallest absolute Gasteiger partial charge is 0.305 e. The topological polar surface area (TPSA) is 60.4 Å². The van der Waals surface area contributed by atoms with Crippen LogP contribution in [0.3, 0.4) is 0 Å². The first-order chi connectivity index (χ1) is 10.0. The molecule has 3 rings (SSSR count). The monoisotopic (exact) mass is 292 g/mol. The van der Waals surface area contributed by atoms with Gasteiger partial charge >= 0.3 is 5.97 Å². The number of Topliss-reactive ketones (excluding diaryl/α,β-unsaturated/α-hetero) is 2. The molecule has 4 nitrogen and oxygen atoms in total. The minimum absolute atomic E-state index is 0.0642. The van der Waals surface area contributed by atoms with Crippen LogP contribution < -0.4 is 0 Å². The van der Waals surface area contributed by atoms with Crippen molar-refractivity contribution in [2.75, 3.05) is 7.11 Å². The number of ketones is 2. The molecule has 0 aromatic heterocycles. The predicted octanol–water partition coefficient (Wildman–Crippen LogP) is 2.40. The molecule has 3 saturated carbocycles. The fourth-order valence-corrected chi connectivity index (χ4v) is 5.30. The lowest BCUT2D eigenvalue weighted by atomic mass is 9.50. The Bertz CT molecular complexity index is 469. The highest BCUT2D eigenvalue weighted by Crippen LogP contribution is 2.55. The van der Waals surface area contributed by atoms with Crippen molar-refractivity contribution < 1.29 is 19.1 Å². The third-order valence-electron chi connectivity index (χ3n) is 6.15. The Morgan fingerprint density at radius 3 is 2.62 bits per heavy atom. The first-order valence-corrected chi connectivity index (χ1v) is 8.15. The third-order valence-corrected chi connectivity index (χ3v) is 6.15. The quantitative estimate of drug-likeness (QED) is 0.733. The second kappa shape index (κ2) is 5.54. The summed E-state index contributed by atoms with van der Waals surface area (Å²) in [6.07, 6.45) is 4.08. The summed E-state index contributed by atoms with van der Waals surface area (Å²) in [4.78, 5) is 36.4. The van der Waals surface area contributed by atoms with E-state index < -0.39 is 0 Å². The van der Waals surface area contributed by atoms with Crippen LogP contribution in [0.2, 0.25) is 0 Å². The Morgan fingerprint density at radius 1 is 1.19 bits per heavy atom. The van der Waals surface area contributed by atoms with Crippen LogP contribution in [0.4, 0.5) is 0 Å². The van der Waals surface area contributed by atoms with Crippen molar-refractivity contribution in [2.45, 2.75) is 45.4 Å². The number of hydrogen-bond donors (Lipinski definition) is 0. The molecule has 2 unspecified atom stereocenters. The van der Waals surface area contributed by atoms with Gasteiger partial charge in [-0.25, -0.2) is 0 Å². The maximum Gasteiger partial charge on any atom is 0.305 e. The third kappa shape index (κ3) is 2.43.